The van der Waals surface area contributed by atoms with E-state index in [0.29, 0.717) is 10.8 Å². The molecule has 2 nitrogen and oxygen atoms in total. The van der Waals surface area contributed by atoms with Gasteiger partial charge in [-0.05, 0) is 45.7 Å². The summed E-state index contributed by atoms with van der Waals surface area (Å²) >= 11 is 0. The molecular weight excluding hydrogens is 222 g/mol. The van der Waals surface area contributed by atoms with Crippen molar-refractivity contribution < 1.29 is 0 Å². The smallest absolute Gasteiger partial charge is 0.0275 e. The summed E-state index contributed by atoms with van der Waals surface area (Å²) in [5.41, 5.74) is 0.651. The molecule has 0 saturated carbocycles. The van der Waals surface area contributed by atoms with Gasteiger partial charge in [0.15, 0.2) is 0 Å². The van der Waals surface area contributed by atoms with Gasteiger partial charge in [-0.15, -0.1) is 0 Å². The molecule has 0 spiro atoms. The Kier molecular flexibility index (Phi) is 4.93. The van der Waals surface area contributed by atoms with Gasteiger partial charge in [-0.3, -0.25) is 9.34 Å². The van der Waals surface area contributed by atoms with Crippen molar-refractivity contribution in [1.82, 2.24) is 9.34 Å². The van der Waals surface area contributed by atoms with Crippen LogP contribution in [0.1, 0.15) is 6.92 Å². The SMILES string of the molecule is CN(C)PC1C=CC=CC1(C)PN(C)C. The van der Waals surface area contributed by atoms with E-state index in [1.165, 1.54) is 0 Å². The van der Waals surface area contributed by atoms with Crippen LogP contribution in [0.3, 0.4) is 0 Å². The van der Waals surface area contributed by atoms with Crippen molar-refractivity contribution in [3.05, 3.63) is 24.3 Å². The van der Waals surface area contributed by atoms with Crippen molar-refractivity contribution in [2.24, 2.45) is 0 Å². The van der Waals surface area contributed by atoms with Crippen LogP contribution in [-0.4, -0.2) is 48.3 Å². The number of allylic oxidation sites excluding steroid dienone is 4. The monoisotopic (exact) mass is 244 g/mol. The van der Waals surface area contributed by atoms with E-state index in [1.807, 2.05) is 0 Å². The molecule has 0 fully saturated rings. The van der Waals surface area contributed by atoms with Gasteiger partial charge in [-0.2, -0.15) is 0 Å². The minimum atomic E-state index is 0.307. The van der Waals surface area contributed by atoms with E-state index in [-0.39, 0.29) is 0 Å². The van der Waals surface area contributed by atoms with E-state index in [9.17, 15) is 0 Å². The predicted octanol–water partition coefficient (Wildman–Crippen LogP) is 2.55. The Morgan fingerprint density at radius 3 is 2.27 bits per heavy atom. The van der Waals surface area contributed by atoms with Crippen LogP contribution in [0, 0.1) is 0 Å². The molecule has 4 unspecified atom stereocenters. The summed E-state index contributed by atoms with van der Waals surface area (Å²) in [7, 11) is 10.3. The minimum absolute atomic E-state index is 0.307. The van der Waals surface area contributed by atoms with Gasteiger partial charge in [-0.1, -0.05) is 31.2 Å². The summed E-state index contributed by atoms with van der Waals surface area (Å²) in [5, 5.41) is 0.307. The molecule has 86 valence electrons. The molecular formula is C11H22N2P2. The summed E-state index contributed by atoms with van der Waals surface area (Å²) in [6.07, 6.45) is 9.09. The first kappa shape index (κ1) is 13.3. The predicted molar refractivity (Wildman–Crippen MR) is 74.5 cm³/mol. The van der Waals surface area contributed by atoms with E-state index in [2.05, 4.69) is 68.8 Å². The molecule has 0 aromatic rings. The third-order valence-corrected chi connectivity index (χ3v) is 5.65. The van der Waals surface area contributed by atoms with Gasteiger partial charge >= 0.3 is 0 Å². The molecule has 4 heteroatoms. The van der Waals surface area contributed by atoms with Crippen LogP contribution < -0.4 is 0 Å². The molecule has 0 aromatic heterocycles. The summed E-state index contributed by atoms with van der Waals surface area (Å²) in [6.45, 7) is 2.37. The van der Waals surface area contributed by atoms with Crippen LogP contribution in [0.4, 0.5) is 0 Å². The second kappa shape index (κ2) is 5.55. The lowest BCUT2D eigenvalue weighted by molar-refractivity contribution is 0.636. The molecule has 1 rings (SSSR count). The quantitative estimate of drug-likeness (QED) is 0.701. The Balaban J connectivity index is 2.74. The topological polar surface area (TPSA) is 6.48 Å². The van der Waals surface area contributed by atoms with Crippen LogP contribution in [0.5, 0.6) is 0 Å². The van der Waals surface area contributed by atoms with Crippen molar-refractivity contribution >= 4 is 17.5 Å². The van der Waals surface area contributed by atoms with Crippen molar-refractivity contribution in [2.45, 2.75) is 17.7 Å². The first-order valence-electron chi connectivity index (χ1n) is 5.19. The molecule has 0 aromatic carbocycles. The largest absolute Gasteiger partial charge is 0.290 e. The number of hydrogen-bond acceptors (Lipinski definition) is 2. The van der Waals surface area contributed by atoms with Crippen molar-refractivity contribution in [3.8, 4) is 0 Å². The third-order valence-electron chi connectivity index (χ3n) is 2.36. The normalized spacial score (nSPS) is 32.1. The average molecular weight is 244 g/mol. The van der Waals surface area contributed by atoms with E-state index >= 15 is 0 Å². The molecule has 0 N–H and O–H groups in total. The molecule has 0 aliphatic heterocycles. The highest BCUT2D eigenvalue weighted by molar-refractivity contribution is 7.42. The molecule has 1 aliphatic carbocycles. The van der Waals surface area contributed by atoms with Crippen LogP contribution in [0.25, 0.3) is 0 Å². The van der Waals surface area contributed by atoms with Crippen LogP contribution in [0.2, 0.25) is 0 Å². The second-order valence-electron chi connectivity index (χ2n) is 4.53. The highest BCUT2D eigenvalue weighted by Gasteiger charge is 2.32. The fourth-order valence-electron chi connectivity index (χ4n) is 1.78. The lowest BCUT2D eigenvalue weighted by Gasteiger charge is -2.38. The second-order valence-corrected chi connectivity index (χ2v) is 8.50. The van der Waals surface area contributed by atoms with Crippen molar-refractivity contribution in [1.29, 1.82) is 0 Å². The Morgan fingerprint density at radius 2 is 1.73 bits per heavy atom. The molecule has 4 atom stereocenters. The summed E-state index contributed by atoms with van der Waals surface area (Å²) in [6, 6.07) is 0. The lowest BCUT2D eigenvalue weighted by Crippen LogP contribution is -2.33. The first-order valence-corrected chi connectivity index (χ1v) is 7.16. The zero-order valence-corrected chi connectivity index (χ0v) is 12.3. The Hall–Kier alpha value is 0.260. The average Bonchev–Trinajstić information content (AvgIpc) is 2.07. The summed E-state index contributed by atoms with van der Waals surface area (Å²) < 4.78 is 4.60. The minimum Gasteiger partial charge on any atom is -0.290 e. The van der Waals surface area contributed by atoms with Gasteiger partial charge in [0.1, 0.15) is 0 Å². The zero-order chi connectivity index (χ0) is 11.5. The first-order chi connectivity index (χ1) is 6.94. The maximum atomic E-state index is 2.37. The van der Waals surface area contributed by atoms with Crippen molar-refractivity contribution in [3.63, 3.8) is 0 Å². The summed E-state index contributed by atoms with van der Waals surface area (Å²) in [5.74, 6) is 0. The fourth-order valence-corrected chi connectivity index (χ4v) is 4.65. The van der Waals surface area contributed by atoms with Gasteiger partial charge in [0, 0.05) is 10.8 Å². The fraction of sp³-hybridized carbons (Fsp3) is 0.636. The molecule has 1 aliphatic rings. The molecule has 0 radical (unpaired) electrons. The maximum Gasteiger partial charge on any atom is 0.0275 e. The Labute approximate surface area is 97.5 Å². The van der Waals surface area contributed by atoms with E-state index in [1.54, 1.807) is 0 Å². The Bertz CT molecular complexity index is 261. The van der Waals surface area contributed by atoms with Crippen molar-refractivity contribution in [2.75, 3.05) is 28.2 Å². The van der Waals surface area contributed by atoms with Crippen LogP contribution >= 0.6 is 17.5 Å². The van der Waals surface area contributed by atoms with Gasteiger partial charge < -0.3 is 0 Å². The highest BCUT2D eigenvalue weighted by Crippen LogP contribution is 2.47. The molecule has 0 amide bonds. The van der Waals surface area contributed by atoms with Gasteiger partial charge in [0.05, 0.1) is 0 Å². The maximum absolute atomic E-state index is 2.37. The molecule has 15 heavy (non-hydrogen) atoms. The third kappa shape index (κ3) is 3.96. The standard InChI is InChI=1S/C11H22N2P2/c1-11(15-13(4)5)9-7-6-8-10(11)14-12(2)3/h6-10,14-15H,1-5H3. The van der Waals surface area contributed by atoms with E-state index in [0.717, 1.165) is 17.5 Å². The zero-order valence-electron chi connectivity index (χ0n) is 10.3. The van der Waals surface area contributed by atoms with Gasteiger partial charge in [0.2, 0.25) is 0 Å². The molecule has 0 heterocycles. The van der Waals surface area contributed by atoms with E-state index in [4.69, 9.17) is 0 Å². The highest BCUT2D eigenvalue weighted by atomic mass is 31.1. The van der Waals surface area contributed by atoms with Gasteiger partial charge in [-0.25, -0.2) is 0 Å². The molecule has 0 bridgehead atoms. The van der Waals surface area contributed by atoms with Crippen LogP contribution in [-0.2, 0) is 0 Å². The van der Waals surface area contributed by atoms with E-state index < -0.39 is 0 Å². The number of rotatable bonds is 4. The Morgan fingerprint density at radius 1 is 1.07 bits per heavy atom. The number of nitrogens with zero attached hydrogens (tertiary/aromatic N) is 2. The summed E-state index contributed by atoms with van der Waals surface area (Å²) in [4.78, 5) is 0. The number of hydrogen-bond donors (Lipinski definition) is 0. The van der Waals surface area contributed by atoms with Gasteiger partial charge in [0.25, 0.3) is 0 Å². The lowest BCUT2D eigenvalue weighted by atomic mass is 10.0. The molecule has 0 saturated heterocycles. The van der Waals surface area contributed by atoms with Crippen LogP contribution in [0.15, 0.2) is 24.3 Å².